The fourth-order valence-corrected chi connectivity index (χ4v) is 2.76. The molecule has 1 aromatic carbocycles. The van der Waals surface area contributed by atoms with Gasteiger partial charge in [0.05, 0.1) is 5.25 Å². The summed E-state index contributed by atoms with van der Waals surface area (Å²) in [6.45, 7) is 3.68. The quantitative estimate of drug-likeness (QED) is 0.798. The van der Waals surface area contributed by atoms with Crippen LogP contribution in [0.4, 0.5) is 4.79 Å². The molecule has 0 bridgehead atoms. The standard InChI is InChI=1S/C14H15ClN4O3S/c1-7(2)10(11(20)17-13(16)21)23-14-19-18-12(22-14)8-3-5-9(15)6-4-8/h3-7,10H,1-2H3,(H3,16,17,20,21). The molecule has 0 spiro atoms. The van der Waals surface area contributed by atoms with Crippen molar-refractivity contribution < 1.29 is 14.0 Å². The van der Waals surface area contributed by atoms with Gasteiger partial charge in [-0.05, 0) is 30.2 Å². The molecular weight excluding hydrogens is 340 g/mol. The number of hydrogen-bond acceptors (Lipinski definition) is 6. The summed E-state index contributed by atoms with van der Waals surface area (Å²) in [5.41, 5.74) is 5.69. The molecule has 0 fully saturated rings. The Labute approximate surface area is 142 Å². The normalized spacial score (nSPS) is 12.2. The number of nitrogens with zero attached hydrogens (tertiary/aromatic N) is 2. The van der Waals surface area contributed by atoms with Gasteiger partial charge in [-0.15, -0.1) is 10.2 Å². The Hall–Kier alpha value is -2.06. The molecule has 1 unspecified atom stereocenters. The molecule has 1 atom stereocenters. The molecule has 0 aliphatic rings. The van der Waals surface area contributed by atoms with Gasteiger partial charge in [0.15, 0.2) is 0 Å². The van der Waals surface area contributed by atoms with Crippen molar-refractivity contribution in [2.75, 3.05) is 0 Å². The summed E-state index contributed by atoms with van der Waals surface area (Å²) in [7, 11) is 0. The minimum absolute atomic E-state index is 0.0646. The van der Waals surface area contributed by atoms with Gasteiger partial charge in [0.25, 0.3) is 5.22 Å². The van der Waals surface area contributed by atoms with Crippen LogP contribution in [0.2, 0.25) is 5.02 Å². The van der Waals surface area contributed by atoms with Crippen molar-refractivity contribution in [3.05, 3.63) is 29.3 Å². The second-order valence-electron chi connectivity index (χ2n) is 5.02. The van der Waals surface area contributed by atoms with Crippen LogP contribution in [-0.2, 0) is 4.79 Å². The van der Waals surface area contributed by atoms with E-state index in [2.05, 4.69) is 15.5 Å². The molecule has 3 N–H and O–H groups in total. The van der Waals surface area contributed by atoms with Crippen LogP contribution in [0, 0.1) is 5.92 Å². The molecule has 0 saturated heterocycles. The first-order valence-corrected chi connectivity index (χ1v) is 7.99. The second kappa shape index (κ2) is 7.47. The third-order valence-electron chi connectivity index (χ3n) is 2.84. The number of imide groups is 1. The van der Waals surface area contributed by atoms with Crippen LogP contribution in [0.1, 0.15) is 13.8 Å². The molecule has 2 aromatic rings. The average molecular weight is 355 g/mol. The number of halogens is 1. The van der Waals surface area contributed by atoms with Crippen molar-refractivity contribution in [1.82, 2.24) is 15.5 Å². The fourth-order valence-electron chi connectivity index (χ4n) is 1.76. The molecule has 7 nitrogen and oxygen atoms in total. The number of carbonyl (C=O) groups excluding carboxylic acids is 2. The zero-order valence-corrected chi connectivity index (χ0v) is 14.0. The number of rotatable bonds is 5. The zero-order chi connectivity index (χ0) is 17.0. The number of carbonyl (C=O) groups is 2. The van der Waals surface area contributed by atoms with E-state index in [1.54, 1.807) is 24.3 Å². The molecule has 1 heterocycles. The van der Waals surface area contributed by atoms with Crippen molar-refractivity contribution in [2.24, 2.45) is 11.7 Å². The Kier molecular flexibility index (Phi) is 5.62. The van der Waals surface area contributed by atoms with Gasteiger partial charge in [-0.3, -0.25) is 10.1 Å². The smallest absolute Gasteiger partial charge is 0.318 e. The molecule has 23 heavy (non-hydrogen) atoms. The van der Waals surface area contributed by atoms with Crippen LogP contribution in [0.3, 0.4) is 0 Å². The van der Waals surface area contributed by atoms with E-state index in [1.165, 1.54) is 0 Å². The highest BCUT2D eigenvalue weighted by Gasteiger charge is 2.27. The number of primary amides is 1. The van der Waals surface area contributed by atoms with Crippen LogP contribution >= 0.6 is 23.4 Å². The zero-order valence-electron chi connectivity index (χ0n) is 12.4. The first-order chi connectivity index (χ1) is 10.9. The number of nitrogens with one attached hydrogen (secondary N) is 1. The summed E-state index contributed by atoms with van der Waals surface area (Å²) in [5.74, 6) is -0.240. The monoisotopic (exact) mass is 354 g/mol. The number of aromatic nitrogens is 2. The minimum atomic E-state index is -0.895. The molecule has 0 radical (unpaired) electrons. The van der Waals surface area contributed by atoms with E-state index >= 15 is 0 Å². The van der Waals surface area contributed by atoms with Crippen LogP contribution < -0.4 is 11.1 Å². The predicted octanol–water partition coefficient (Wildman–Crippen LogP) is 2.70. The van der Waals surface area contributed by atoms with E-state index in [0.717, 1.165) is 17.3 Å². The van der Waals surface area contributed by atoms with Crippen molar-refractivity contribution >= 4 is 35.3 Å². The molecule has 0 aliphatic carbocycles. The fraction of sp³-hybridized carbons (Fsp3) is 0.286. The number of thioether (sulfide) groups is 1. The lowest BCUT2D eigenvalue weighted by Gasteiger charge is -2.16. The summed E-state index contributed by atoms with van der Waals surface area (Å²) >= 11 is 6.91. The molecule has 2 rings (SSSR count). The maximum Gasteiger partial charge on any atom is 0.318 e. The average Bonchev–Trinajstić information content (AvgIpc) is 2.93. The highest BCUT2D eigenvalue weighted by Crippen LogP contribution is 2.30. The highest BCUT2D eigenvalue weighted by atomic mass is 35.5. The van der Waals surface area contributed by atoms with Gasteiger partial charge in [-0.2, -0.15) is 0 Å². The Bertz CT molecular complexity index is 702. The van der Waals surface area contributed by atoms with Crippen LogP contribution in [0.15, 0.2) is 33.9 Å². The van der Waals surface area contributed by atoms with Gasteiger partial charge in [0, 0.05) is 10.6 Å². The molecule has 3 amide bonds. The highest BCUT2D eigenvalue weighted by molar-refractivity contribution is 8.00. The third-order valence-corrected chi connectivity index (χ3v) is 4.47. The van der Waals surface area contributed by atoms with Gasteiger partial charge >= 0.3 is 6.03 Å². The van der Waals surface area contributed by atoms with Crippen molar-refractivity contribution in [2.45, 2.75) is 24.3 Å². The third kappa shape index (κ3) is 4.70. The Morgan fingerprint density at radius 1 is 1.26 bits per heavy atom. The molecule has 0 saturated carbocycles. The van der Waals surface area contributed by atoms with Gasteiger partial charge in [0.1, 0.15) is 0 Å². The maximum absolute atomic E-state index is 12.0. The molecular formula is C14H15ClN4O3S. The predicted molar refractivity (Wildman–Crippen MR) is 87.0 cm³/mol. The van der Waals surface area contributed by atoms with E-state index in [1.807, 2.05) is 13.8 Å². The number of urea groups is 1. The summed E-state index contributed by atoms with van der Waals surface area (Å²) in [4.78, 5) is 22.8. The van der Waals surface area contributed by atoms with Gasteiger partial charge < -0.3 is 10.2 Å². The number of amides is 3. The second-order valence-corrected chi connectivity index (χ2v) is 6.55. The number of nitrogens with two attached hydrogens (primary N) is 1. The first-order valence-electron chi connectivity index (χ1n) is 6.73. The summed E-state index contributed by atoms with van der Waals surface area (Å²) in [5, 5.41) is 10.2. The van der Waals surface area contributed by atoms with Gasteiger partial charge in [0.2, 0.25) is 11.8 Å². The van der Waals surface area contributed by atoms with Gasteiger partial charge in [-0.1, -0.05) is 37.2 Å². The van der Waals surface area contributed by atoms with E-state index in [9.17, 15) is 9.59 Å². The summed E-state index contributed by atoms with van der Waals surface area (Å²) in [6.07, 6.45) is 0. The summed E-state index contributed by atoms with van der Waals surface area (Å²) < 4.78 is 5.55. The van der Waals surface area contributed by atoms with E-state index in [-0.39, 0.29) is 11.1 Å². The van der Waals surface area contributed by atoms with Crippen LogP contribution in [-0.4, -0.2) is 27.4 Å². The molecule has 0 aliphatic heterocycles. The summed E-state index contributed by atoms with van der Waals surface area (Å²) in [6, 6.07) is 6.04. The molecule has 9 heteroatoms. The number of benzene rings is 1. The van der Waals surface area contributed by atoms with E-state index in [4.69, 9.17) is 21.8 Å². The van der Waals surface area contributed by atoms with Gasteiger partial charge in [-0.25, -0.2) is 4.79 Å². The lowest BCUT2D eigenvalue weighted by atomic mass is 10.1. The largest absolute Gasteiger partial charge is 0.411 e. The van der Waals surface area contributed by atoms with Crippen molar-refractivity contribution in [3.63, 3.8) is 0 Å². The number of hydrogen-bond donors (Lipinski definition) is 2. The SMILES string of the molecule is CC(C)C(Sc1nnc(-c2ccc(Cl)cc2)o1)C(=O)NC(N)=O. The van der Waals surface area contributed by atoms with Crippen molar-refractivity contribution in [1.29, 1.82) is 0 Å². The lowest BCUT2D eigenvalue weighted by Crippen LogP contribution is -2.42. The van der Waals surface area contributed by atoms with Crippen molar-refractivity contribution in [3.8, 4) is 11.5 Å². The van der Waals surface area contributed by atoms with E-state index < -0.39 is 17.2 Å². The van der Waals surface area contributed by atoms with E-state index in [0.29, 0.717) is 10.9 Å². The van der Waals surface area contributed by atoms with Crippen LogP contribution in [0.25, 0.3) is 11.5 Å². The van der Waals surface area contributed by atoms with Crippen LogP contribution in [0.5, 0.6) is 0 Å². The maximum atomic E-state index is 12.0. The Morgan fingerprint density at radius 2 is 1.91 bits per heavy atom. The Morgan fingerprint density at radius 3 is 2.48 bits per heavy atom. The minimum Gasteiger partial charge on any atom is -0.411 e. The Balaban J connectivity index is 2.14. The molecule has 1 aromatic heterocycles. The molecule has 122 valence electrons. The topological polar surface area (TPSA) is 111 Å². The first kappa shape index (κ1) is 17.3. The lowest BCUT2D eigenvalue weighted by molar-refractivity contribution is -0.120.